The number of para-hydroxylation sites is 1. The van der Waals surface area contributed by atoms with E-state index in [1.807, 2.05) is 0 Å². The van der Waals surface area contributed by atoms with Gasteiger partial charge in [-0.2, -0.15) is 0 Å². The lowest BCUT2D eigenvalue weighted by molar-refractivity contribution is -0.123. The Morgan fingerprint density at radius 1 is 1.32 bits per heavy atom. The van der Waals surface area contributed by atoms with E-state index in [1.54, 1.807) is 0 Å². The molecule has 5 nitrogen and oxygen atoms in total. The van der Waals surface area contributed by atoms with Crippen LogP contribution in [0.25, 0.3) is 0 Å². The van der Waals surface area contributed by atoms with Crippen LogP contribution < -0.4 is 11.5 Å². The number of piperidine rings is 1. The molecule has 6 heteroatoms. The first-order chi connectivity index (χ1) is 9.02. The van der Waals surface area contributed by atoms with Crippen molar-refractivity contribution in [1.82, 2.24) is 4.90 Å². The lowest BCUT2D eigenvalue weighted by Crippen LogP contribution is -2.50. The molecule has 0 bridgehead atoms. The number of hydrogen-bond donors (Lipinski definition) is 2. The molecule has 1 aliphatic rings. The normalized spacial score (nSPS) is 19.2. The smallest absolute Gasteiger partial charge is 0.256 e. The van der Waals surface area contributed by atoms with Gasteiger partial charge >= 0.3 is 0 Å². The maximum Gasteiger partial charge on any atom is 0.256 e. The van der Waals surface area contributed by atoms with Gasteiger partial charge in [-0.3, -0.25) is 9.59 Å². The Morgan fingerprint density at radius 3 is 2.74 bits per heavy atom. The Morgan fingerprint density at radius 2 is 2.05 bits per heavy atom. The van der Waals surface area contributed by atoms with Gasteiger partial charge < -0.3 is 16.4 Å². The van der Waals surface area contributed by atoms with Crippen LogP contribution >= 0.6 is 0 Å². The molecule has 0 spiro atoms. The van der Waals surface area contributed by atoms with Crippen LogP contribution in [0.3, 0.4) is 0 Å². The number of carbonyl (C=O) groups is 2. The third kappa shape index (κ3) is 2.52. The number of amides is 2. The van der Waals surface area contributed by atoms with Crippen molar-refractivity contribution in [3.8, 4) is 0 Å². The Labute approximate surface area is 110 Å². The Hall–Kier alpha value is -2.11. The summed E-state index contributed by atoms with van der Waals surface area (Å²) in [6.45, 7) is 0.433. The van der Waals surface area contributed by atoms with Gasteiger partial charge in [-0.25, -0.2) is 4.39 Å². The van der Waals surface area contributed by atoms with E-state index in [1.165, 1.54) is 23.1 Å². The van der Waals surface area contributed by atoms with E-state index in [-0.39, 0.29) is 11.3 Å². The van der Waals surface area contributed by atoms with Gasteiger partial charge in [0.15, 0.2) is 0 Å². The van der Waals surface area contributed by atoms with Crippen LogP contribution in [0.15, 0.2) is 18.2 Å². The zero-order chi connectivity index (χ0) is 14.0. The number of hydrogen-bond acceptors (Lipinski definition) is 3. The first kappa shape index (κ1) is 13.3. The fourth-order valence-electron chi connectivity index (χ4n) is 2.35. The summed E-state index contributed by atoms with van der Waals surface area (Å²) in [5.41, 5.74) is 10.8. The minimum atomic E-state index is -0.640. The molecule has 2 rings (SSSR count). The van der Waals surface area contributed by atoms with Gasteiger partial charge in [-0.05, 0) is 31.4 Å². The summed E-state index contributed by atoms with van der Waals surface area (Å²) in [6.07, 6.45) is 2.18. The first-order valence-corrected chi connectivity index (χ1v) is 6.16. The molecular weight excluding hydrogens is 249 g/mol. The molecule has 4 N–H and O–H groups in total. The van der Waals surface area contributed by atoms with Crippen molar-refractivity contribution >= 4 is 17.5 Å². The van der Waals surface area contributed by atoms with Gasteiger partial charge in [-0.15, -0.1) is 0 Å². The lowest BCUT2D eigenvalue weighted by atomic mass is 10.00. The van der Waals surface area contributed by atoms with Crippen LogP contribution in [0.5, 0.6) is 0 Å². The van der Waals surface area contributed by atoms with Crippen molar-refractivity contribution in [3.05, 3.63) is 29.6 Å². The van der Waals surface area contributed by atoms with Crippen LogP contribution in [-0.2, 0) is 4.79 Å². The molecule has 0 radical (unpaired) electrons. The standard InChI is InChI=1S/C13H16FN3O2/c14-9-5-3-4-8(11(9)15)13(19)17-7-2-1-6-10(17)12(16)18/h3-5,10H,1-2,6-7,15H2,(H2,16,18). The highest BCUT2D eigenvalue weighted by Gasteiger charge is 2.32. The monoisotopic (exact) mass is 265 g/mol. The summed E-state index contributed by atoms with van der Waals surface area (Å²) in [5.74, 6) is -1.62. The fraction of sp³-hybridized carbons (Fsp3) is 0.385. The summed E-state index contributed by atoms with van der Waals surface area (Å²) < 4.78 is 13.4. The topological polar surface area (TPSA) is 89.4 Å². The average Bonchev–Trinajstić information content (AvgIpc) is 2.41. The number of carbonyl (C=O) groups excluding carboxylic acids is 2. The second-order valence-electron chi connectivity index (χ2n) is 4.61. The van der Waals surface area contributed by atoms with Gasteiger partial charge in [0.1, 0.15) is 11.9 Å². The average molecular weight is 265 g/mol. The number of likely N-dealkylation sites (tertiary alicyclic amines) is 1. The van der Waals surface area contributed by atoms with Gasteiger partial charge in [-0.1, -0.05) is 6.07 Å². The zero-order valence-corrected chi connectivity index (χ0v) is 10.4. The number of halogens is 1. The van der Waals surface area contributed by atoms with Gasteiger partial charge in [0.05, 0.1) is 11.3 Å². The summed E-state index contributed by atoms with van der Waals surface area (Å²) in [5, 5.41) is 0. The van der Waals surface area contributed by atoms with Crippen LogP contribution in [0.4, 0.5) is 10.1 Å². The van der Waals surface area contributed by atoms with E-state index in [9.17, 15) is 14.0 Å². The molecule has 0 aliphatic carbocycles. The van der Waals surface area contributed by atoms with E-state index in [2.05, 4.69) is 0 Å². The van der Waals surface area contributed by atoms with Crippen molar-refractivity contribution in [2.45, 2.75) is 25.3 Å². The van der Waals surface area contributed by atoms with E-state index in [0.29, 0.717) is 13.0 Å². The van der Waals surface area contributed by atoms with Gasteiger partial charge in [0, 0.05) is 6.54 Å². The maximum absolute atomic E-state index is 13.4. The molecule has 1 aromatic carbocycles. The fourth-order valence-corrected chi connectivity index (χ4v) is 2.35. The van der Waals surface area contributed by atoms with E-state index < -0.39 is 23.7 Å². The lowest BCUT2D eigenvalue weighted by Gasteiger charge is -2.33. The Bertz CT molecular complexity index is 519. The molecule has 1 aliphatic heterocycles. The van der Waals surface area contributed by atoms with Crippen LogP contribution in [0.2, 0.25) is 0 Å². The second kappa shape index (κ2) is 5.26. The molecule has 102 valence electrons. The summed E-state index contributed by atoms with van der Waals surface area (Å²) in [6, 6.07) is 3.42. The Balaban J connectivity index is 2.31. The quantitative estimate of drug-likeness (QED) is 0.778. The summed E-state index contributed by atoms with van der Waals surface area (Å²) in [7, 11) is 0. The SMILES string of the molecule is NC(=O)C1CCCCN1C(=O)c1cccc(F)c1N. The number of nitrogens with zero attached hydrogens (tertiary/aromatic N) is 1. The molecule has 19 heavy (non-hydrogen) atoms. The summed E-state index contributed by atoms with van der Waals surface area (Å²) in [4.78, 5) is 25.1. The Kier molecular flexibility index (Phi) is 3.69. The van der Waals surface area contributed by atoms with Crippen LogP contribution in [0.1, 0.15) is 29.6 Å². The number of rotatable bonds is 2. The predicted octanol–water partition coefficient (Wildman–Crippen LogP) is 0.888. The molecule has 0 aromatic heterocycles. The van der Waals surface area contributed by atoms with Crippen molar-refractivity contribution < 1.29 is 14.0 Å². The molecule has 1 atom stereocenters. The predicted molar refractivity (Wildman–Crippen MR) is 68.7 cm³/mol. The second-order valence-corrected chi connectivity index (χ2v) is 4.61. The number of anilines is 1. The highest BCUT2D eigenvalue weighted by molar-refractivity contribution is 6.01. The zero-order valence-electron chi connectivity index (χ0n) is 10.4. The minimum absolute atomic E-state index is 0.0770. The number of benzene rings is 1. The first-order valence-electron chi connectivity index (χ1n) is 6.16. The van der Waals surface area contributed by atoms with Crippen molar-refractivity contribution in [2.75, 3.05) is 12.3 Å². The molecule has 0 saturated carbocycles. The third-order valence-electron chi connectivity index (χ3n) is 3.38. The van der Waals surface area contributed by atoms with Crippen molar-refractivity contribution in [1.29, 1.82) is 0 Å². The highest BCUT2D eigenvalue weighted by Crippen LogP contribution is 2.23. The summed E-state index contributed by atoms with van der Waals surface area (Å²) >= 11 is 0. The molecule has 2 amide bonds. The molecular formula is C13H16FN3O2. The van der Waals surface area contributed by atoms with Gasteiger partial charge in [0.2, 0.25) is 5.91 Å². The maximum atomic E-state index is 13.4. The number of primary amides is 1. The number of nitrogens with two attached hydrogens (primary N) is 2. The number of nitrogen functional groups attached to an aromatic ring is 1. The molecule has 1 saturated heterocycles. The largest absolute Gasteiger partial charge is 0.396 e. The van der Waals surface area contributed by atoms with E-state index in [0.717, 1.165) is 12.8 Å². The molecule has 1 aromatic rings. The molecule has 1 unspecified atom stereocenters. The van der Waals surface area contributed by atoms with E-state index >= 15 is 0 Å². The van der Waals surface area contributed by atoms with Gasteiger partial charge in [0.25, 0.3) is 5.91 Å². The van der Waals surface area contributed by atoms with Crippen LogP contribution in [-0.4, -0.2) is 29.3 Å². The molecule has 1 heterocycles. The van der Waals surface area contributed by atoms with Crippen molar-refractivity contribution in [2.24, 2.45) is 5.73 Å². The minimum Gasteiger partial charge on any atom is -0.396 e. The molecule has 1 fully saturated rings. The highest BCUT2D eigenvalue weighted by atomic mass is 19.1. The van der Waals surface area contributed by atoms with Crippen molar-refractivity contribution in [3.63, 3.8) is 0 Å². The van der Waals surface area contributed by atoms with Crippen LogP contribution in [0, 0.1) is 5.82 Å². The third-order valence-corrected chi connectivity index (χ3v) is 3.38. The van der Waals surface area contributed by atoms with E-state index in [4.69, 9.17) is 11.5 Å².